The van der Waals surface area contributed by atoms with Crippen LogP contribution in [-0.4, -0.2) is 76.7 Å². The van der Waals surface area contributed by atoms with Gasteiger partial charge in [0.1, 0.15) is 12.1 Å². The van der Waals surface area contributed by atoms with Crippen LogP contribution in [0.1, 0.15) is 44.1 Å². The smallest absolute Gasteiger partial charge is 0.360 e. The van der Waals surface area contributed by atoms with Gasteiger partial charge in [-0.25, -0.2) is 9.97 Å². The molecule has 8 nitrogen and oxygen atoms in total. The highest BCUT2D eigenvalue weighted by Crippen LogP contribution is 2.33. The number of hydrogen-bond donors (Lipinski definition) is 2. The molecule has 3 heterocycles. The van der Waals surface area contributed by atoms with Gasteiger partial charge in [0.05, 0.1) is 30.3 Å². The molecule has 190 valence electrons. The summed E-state index contributed by atoms with van der Waals surface area (Å²) in [6.45, 7) is 3.46. The van der Waals surface area contributed by atoms with Gasteiger partial charge >= 0.3 is 6.18 Å². The summed E-state index contributed by atoms with van der Waals surface area (Å²) < 4.78 is 39.3. The summed E-state index contributed by atoms with van der Waals surface area (Å²) in [5, 5.41) is 8.30. The molecule has 2 saturated heterocycles. The summed E-state index contributed by atoms with van der Waals surface area (Å²) in [7, 11) is 0. The van der Waals surface area contributed by atoms with Crippen LogP contribution in [0.5, 0.6) is 0 Å². The number of carbonyl (C=O) groups excluding carboxylic acids is 1. The van der Waals surface area contributed by atoms with Crippen molar-refractivity contribution in [3.05, 3.63) is 30.1 Å². The van der Waals surface area contributed by atoms with Crippen LogP contribution >= 0.6 is 0 Å². The number of hydrogen-bond acceptors (Lipinski definition) is 7. The van der Waals surface area contributed by atoms with Crippen LogP contribution in [-0.2, 0) is 15.8 Å². The number of nitrogens with zero attached hydrogens (tertiary/aromatic N) is 4. The fourth-order valence-electron chi connectivity index (χ4n) is 5.33. The molecule has 2 aliphatic heterocycles. The number of halogens is 3. The molecule has 0 atom stereocenters. The van der Waals surface area contributed by atoms with Crippen LogP contribution in [0.3, 0.4) is 0 Å². The first-order valence-electron chi connectivity index (χ1n) is 12.4. The number of benzene rings is 1. The maximum atomic E-state index is 13.1. The van der Waals surface area contributed by atoms with Gasteiger partial charge in [-0.05, 0) is 56.7 Å². The normalized spacial score (nSPS) is 24.8. The maximum absolute atomic E-state index is 13.1. The van der Waals surface area contributed by atoms with Crippen LogP contribution in [0.4, 0.5) is 19.0 Å². The SMILES string of the molecule is O=C(CNc1ncnc2ccc(C(F)(F)F)cc12)NC1CN(C2CCC(N3CCCCO3)CC2)C1. The van der Waals surface area contributed by atoms with E-state index in [9.17, 15) is 18.0 Å². The number of hydroxylamine groups is 2. The third-order valence-electron chi connectivity index (χ3n) is 7.27. The number of carbonyl (C=O) groups is 1. The van der Waals surface area contributed by atoms with Crippen molar-refractivity contribution in [3.63, 3.8) is 0 Å². The van der Waals surface area contributed by atoms with E-state index in [1.54, 1.807) is 0 Å². The highest BCUT2D eigenvalue weighted by molar-refractivity contribution is 5.91. The van der Waals surface area contributed by atoms with Gasteiger partial charge in [0.2, 0.25) is 5.91 Å². The topological polar surface area (TPSA) is 82.6 Å². The molecule has 1 saturated carbocycles. The molecular formula is C24H31F3N6O2. The standard InChI is InChI=1S/C24H31F3N6O2/c25-24(26,27)16-3-8-21-20(11-16)23(30-15-29-21)28-12-22(34)31-17-13-32(14-17)18-4-6-19(7-5-18)33-9-1-2-10-35-33/h3,8,11,15,17-19H,1-2,4-7,9-10,12-14H2,(H,31,34)(H,28,29,30). The van der Waals surface area contributed by atoms with E-state index in [0.29, 0.717) is 17.6 Å². The van der Waals surface area contributed by atoms with Gasteiger partial charge < -0.3 is 10.6 Å². The Morgan fingerprint density at radius 3 is 2.57 bits per heavy atom. The van der Waals surface area contributed by atoms with E-state index < -0.39 is 11.7 Å². The van der Waals surface area contributed by atoms with Crippen molar-refractivity contribution in [3.8, 4) is 0 Å². The lowest BCUT2D eigenvalue weighted by atomic mass is 9.87. The summed E-state index contributed by atoms with van der Waals surface area (Å²) in [6.07, 6.45) is 3.75. The minimum absolute atomic E-state index is 0.0696. The molecule has 0 bridgehead atoms. The second kappa shape index (κ2) is 10.2. The van der Waals surface area contributed by atoms with Crippen LogP contribution in [0.25, 0.3) is 10.9 Å². The van der Waals surface area contributed by atoms with Gasteiger partial charge in [-0.2, -0.15) is 18.2 Å². The Morgan fingerprint density at radius 1 is 1.09 bits per heavy atom. The number of nitrogens with one attached hydrogen (secondary N) is 2. The van der Waals surface area contributed by atoms with Crippen LogP contribution in [0.2, 0.25) is 0 Å². The van der Waals surface area contributed by atoms with Gasteiger partial charge in [-0.15, -0.1) is 0 Å². The minimum Gasteiger partial charge on any atom is -0.360 e. The van der Waals surface area contributed by atoms with E-state index in [-0.39, 0.29) is 29.7 Å². The average Bonchev–Trinajstić information content (AvgIpc) is 2.84. The first-order chi connectivity index (χ1) is 16.9. The second-order valence-corrected chi connectivity index (χ2v) is 9.67. The van der Waals surface area contributed by atoms with Crippen molar-refractivity contribution in [1.29, 1.82) is 0 Å². The van der Waals surface area contributed by atoms with Crippen molar-refractivity contribution < 1.29 is 22.8 Å². The van der Waals surface area contributed by atoms with Crippen molar-refractivity contribution in [1.82, 2.24) is 25.2 Å². The van der Waals surface area contributed by atoms with Crippen molar-refractivity contribution >= 4 is 22.6 Å². The molecule has 0 spiro atoms. The van der Waals surface area contributed by atoms with Crippen LogP contribution in [0.15, 0.2) is 24.5 Å². The lowest BCUT2D eigenvalue weighted by Gasteiger charge is -2.47. The van der Waals surface area contributed by atoms with Gasteiger partial charge in [0, 0.05) is 37.1 Å². The van der Waals surface area contributed by atoms with E-state index in [1.165, 1.54) is 18.8 Å². The molecule has 1 aliphatic carbocycles. The molecule has 11 heteroatoms. The molecule has 3 aliphatic rings. The molecule has 1 aromatic heterocycles. The highest BCUT2D eigenvalue weighted by Gasteiger charge is 2.36. The van der Waals surface area contributed by atoms with Gasteiger partial charge in [0.15, 0.2) is 0 Å². The Kier molecular flexibility index (Phi) is 7.08. The van der Waals surface area contributed by atoms with E-state index >= 15 is 0 Å². The molecule has 3 fully saturated rings. The lowest BCUT2D eigenvalue weighted by molar-refractivity contribution is -0.213. The predicted octanol–water partition coefficient (Wildman–Crippen LogP) is 3.20. The molecule has 1 amide bonds. The third-order valence-corrected chi connectivity index (χ3v) is 7.27. The Hall–Kier alpha value is -2.50. The van der Waals surface area contributed by atoms with Crippen molar-refractivity contribution in [2.24, 2.45) is 0 Å². The monoisotopic (exact) mass is 492 g/mol. The number of alkyl halides is 3. The van der Waals surface area contributed by atoms with Crippen molar-refractivity contribution in [2.75, 3.05) is 38.1 Å². The van der Waals surface area contributed by atoms with E-state index in [4.69, 9.17) is 4.84 Å². The Bertz CT molecular complexity index is 1030. The first kappa shape index (κ1) is 24.2. The van der Waals surface area contributed by atoms with E-state index in [0.717, 1.165) is 70.5 Å². The fourth-order valence-corrected chi connectivity index (χ4v) is 5.33. The van der Waals surface area contributed by atoms with Gasteiger partial charge in [-0.1, -0.05) is 0 Å². The zero-order valence-corrected chi connectivity index (χ0v) is 19.6. The van der Waals surface area contributed by atoms with Gasteiger partial charge in [-0.3, -0.25) is 14.5 Å². The van der Waals surface area contributed by atoms with Crippen LogP contribution in [0, 0.1) is 0 Å². The summed E-state index contributed by atoms with van der Waals surface area (Å²) in [6, 6.07) is 4.47. The maximum Gasteiger partial charge on any atom is 0.416 e. The zero-order chi connectivity index (χ0) is 24.4. The number of fused-ring (bicyclic) bond motifs is 1. The Morgan fingerprint density at radius 2 is 1.86 bits per heavy atom. The molecule has 0 radical (unpaired) electrons. The first-order valence-corrected chi connectivity index (χ1v) is 12.4. The summed E-state index contributed by atoms with van der Waals surface area (Å²) in [4.78, 5) is 28.8. The molecule has 5 rings (SSSR count). The Balaban J connectivity index is 1.06. The zero-order valence-electron chi connectivity index (χ0n) is 19.6. The number of amides is 1. The quantitative estimate of drug-likeness (QED) is 0.641. The Labute approximate surface area is 202 Å². The molecule has 2 N–H and O–H groups in total. The number of aromatic nitrogens is 2. The molecule has 1 aromatic carbocycles. The minimum atomic E-state index is -4.46. The second-order valence-electron chi connectivity index (χ2n) is 9.67. The molecule has 35 heavy (non-hydrogen) atoms. The van der Waals surface area contributed by atoms with Crippen molar-refractivity contribution in [2.45, 2.75) is 62.8 Å². The number of likely N-dealkylation sites (tertiary alicyclic amines) is 1. The average molecular weight is 493 g/mol. The van der Waals surface area contributed by atoms with Crippen LogP contribution < -0.4 is 10.6 Å². The molecular weight excluding hydrogens is 461 g/mol. The number of rotatable bonds is 6. The fraction of sp³-hybridized carbons (Fsp3) is 0.625. The summed E-state index contributed by atoms with van der Waals surface area (Å²) in [5.74, 6) is 0.000254. The third kappa shape index (κ3) is 5.68. The van der Waals surface area contributed by atoms with E-state index in [1.807, 2.05) is 0 Å². The van der Waals surface area contributed by atoms with Gasteiger partial charge in [0.25, 0.3) is 0 Å². The predicted molar refractivity (Wildman–Crippen MR) is 124 cm³/mol. The molecule has 0 unspecified atom stereocenters. The number of anilines is 1. The van der Waals surface area contributed by atoms with E-state index in [2.05, 4.69) is 30.6 Å². The highest BCUT2D eigenvalue weighted by atomic mass is 19.4. The summed E-state index contributed by atoms with van der Waals surface area (Å²) >= 11 is 0. The summed E-state index contributed by atoms with van der Waals surface area (Å²) in [5.41, 5.74) is -0.397. The lowest BCUT2D eigenvalue weighted by Crippen LogP contribution is -2.63. The largest absolute Gasteiger partial charge is 0.416 e. The molecule has 2 aromatic rings.